The number of hydrogen-bond acceptors (Lipinski definition) is 3. The second-order valence-electron chi connectivity index (χ2n) is 3.87. The van der Waals surface area contributed by atoms with Gasteiger partial charge in [-0.05, 0) is 30.2 Å². The fourth-order valence-electron chi connectivity index (χ4n) is 1.63. The molecule has 0 fully saturated rings. The second kappa shape index (κ2) is 4.86. The van der Waals surface area contributed by atoms with Gasteiger partial charge in [0.1, 0.15) is 0 Å². The van der Waals surface area contributed by atoms with Crippen molar-refractivity contribution in [3.63, 3.8) is 0 Å². The standard InChI is InChI=1S/C13H16N2O/c1-10-12(3-2-4-13(10)14)8-15-7-11-5-6-16-9-11/h2-6,9,15H,7-8,14H2,1H3. The number of benzene rings is 1. The number of anilines is 1. The highest BCUT2D eigenvalue weighted by Gasteiger charge is 2.00. The normalized spacial score (nSPS) is 10.6. The monoisotopic (exact) mass is 216 g/mol. The highest BCUT2D eigenvalue weighted by molar-refractivity contribution is 5.49. The topological polar surface area (TPSA) is 51.2 Å². The van der Waals surface area contributed by atoms with Crippen LogP contribution in [0, 0.1) is 6.92 Å². The number of nitrogens with one attached hydrogen (secondary N) is 1. The first-order valence-corrected chi connectivity index (χ1v) is 5.33. The van der Waals surface area contributed by atoms with Gasteiger partial charge in [-0.3, -0.25) is 0 Å². The Balaban J connectivity index is 1.92. The maximum Gasteiger partial charge on any atom is 0.0947 e. The fraction of sp³-hybridized carbons (Fsp3) is 0.231. The number of nitrogens with two attached hydrogens (primary N) is 1. The van der Waals surface area contributed by atoms with Gasteiger partial charge in [0.25, 0.3) is 0 Å². The van der Waals surface area contributed by atoms with Crippen LogP contribution in [0.15, 0.2) is 41.2 Å². The van der Waals surface area contributed by atoms with E-state index in [0.717, 1.165) is 29.9 Å². The molecule has 0 radical (unpaired) electrons. The van der Waals surface area contributed by atoms with Crippen LogP contribution in [0.1, 0.15) is 16.7 Å². The zero-order valence-electron chi connectivity index (χ0n) is 9.36. The lowest BCUT2D eigenvalue weighted by atomic mass is 10.1. The molecule has 84 valence electrons. The van der Waals surface area contributed by atoms with E-state index in [9.17, 15) is 0 Å². The van der Waals surface area contributed by atoms with Gasteiger partial charge < -0.3 is 15.5 Å². The van der Waals surface area contributed by atoms with Gasteiger partial charge in [0, 0.05) is 24.3 Å². The van der Waals surface area contributed by atoms with Crippen molar-refractivity contribution >= 4 is 5.69 Å². The molecule has 0 spiro atoms. The lowest BCUT2D eigenvalue weighted by Gasteiger charge is -2.08. The molecule has 0 atom stereocenters. The maximum absolute atomic E-state index is 5.84. The molecule has 0 bridgehead atoms. The van der Waals surface area contributed by atoms with Crippen molar-refractivity contribution in [3.05, 3.63) is 53.5 Å². The SMILES string of the molecule is Cc1c(N)cccc1CNCc1ccoc1. The van der Waals surface area contributed by atoms with Crippen molar-refractivity contribution in [2.45, 2.75) is 20.0 Å². The van der Waals surface area contributed by atoms with E-state index in [1.54, 1.807) is 12.5 Å². The average molecular weight is 216 g/mol. The predicted octanol–water partition coefficient (Wildman–Crippen LogP) is 2.46. The van der Waals surface area contributed by atoms with Crippen LogP contribution in [0.3, 0.4) is 0 Å². The van der Waals surface area contributed by atoms with E-state index in [2.05, 4.69) is 11.4 Å². The molecule has 0 aliphatic rings. The molecule has 3 N–H and O–H groups in total. The molecule has 0 aliphatic heterocycles. The molecule has 1 heterocycles. The minimum Gasteiger partial charge on any atom is -0.472 e. The third-order valence-electron chi connectivity index (χ3n) is 2.71. The zero-order chi connectivity index (χ0) is 11.4. The van der Waals surface area contributed by atoms with Crippen LogP contribution in [0.5, 0.6) is 0 Å². The van der Waals surface area contributed by atoms with Crippen molar-refractivity contribution < 1.29 is 4.42 Å². The highest BCUT2D eigenvalue weighted by Crippen LogP contribution is 2.15. The Bertz CT molecular complexity index is 449. The molecule has 1 aromatic carbocycles. The van der Waals surface area contributed by atoms with Gasteiger partial charge >= 0.3 is 0 Å². The van der Waals surface area contributed by atoms with Gasteiger partial charge in [0.15, 0.2) is 0 Å². The summed E-state index contributed by atoms with van der Waals surface area (Å²) < 4.78 is 5.00. The third kappa shape index (κ3) is 2.44. The van der Waals surface area contributed by atoms with E-state index in [4.69, 9.17) is 10.2 Å². The van der Waals surface area contributed by atoms with Crippen LogP contribution >= 0.6 is 0 Å². The van der Waals surface area contributed by atoms with Crippen molar-refractivity contribution in [1.29, 1.82) is 0 Å². The minimum absolute atomic E-state index is 0.810. The maximum atomic E-state index is 5.84. The van der Waals surface area contributed by atoms with Gasteiger partial charge in [-0.2, -0.15) is 0 Å². The third-order valence-corrected chi connectivity index (χ3v) is 2.71. The summed E-state index contributed by atoms with van der Waals surface area (Å²) in [7, 11) is 0. The number of furan rings is 1. The Kier molecular flexibility index (Phi) is 3.27. The Morgan fingerprint density at radius 1 is 1.25 bits per heavy atom. The first-order chi connectivity index (χ1) is 7.77. The van der Waals surface area contributed by atoms with E-state index < -0.39 is 0 Å². The molecule has 0 unspecified atom stereocenters. The summed E-state index contributed by atoms with van der Waals surface area (Å²) in [4.78, 5) is 0. The van der Waals surface area contributed by atoms with Crippen LogP contribution in [0.2, 0.25) is 0 Å². The van der Waals surface area contributed by atoms with Gasteiger partial charge in [-0.25, -0.2) is 0 Å². The van der Waals surface area contributed by atoms with E-state index in [1.165, 1.54) is 5.56 Å². The smallest absolute Gasteiger partial charge is 0.0947 e. The van der Waals surface area contributed by atoms with Crippen LogP contribution < -0.4 is 11.1 Å². The molecule has 3 nitrogen and oxygen atoms in total. The number of hydrogen-bond donors (Lipinski definition) is 2. The number of nitrogen functional groups attached to an aromatic ring is 1. The van der Waals surface area contributed by atoms with E-state index in [-0.39, 0.29) is 0 Å². The Labute approximate surface area is 95.3 Å². The molecule has 3 heteroatoms. The lowest BCUT2D eigenvalue weighted by molar-refractivity contribution is 0.560. The lowest BCUT2D eigenvalue weighted by Crippen LogP contribution is -2.13. The van der Waals surface area contributed by atoms with Crippen molar-refractivity contribution in [3.8, 4) is 0 Å². The van der Waals surface area contributed by atoms with Gasteiger partial charge in [0.2, 0.25) is 0 Å². The quantitative estimate of drug-likeness (QED) is 0.772. The molecule has 1 aromatic heterocycles. The molecule has 0 saturated carbocycles. The molecule has 0 saturated heterocycles. The summed E-state index contributed by atoms with van der Waals surface area (Å²) in [6, 6.07) is 7.96. The molecule has 0 amide bonds. The zero-order valence-corrected chi connectivity index (χ0v) is 9.36. The summed E-state index contributed by atoms with van der Waals surface area (Å²) >= 11 is 0. The largest absolute Gasteiger partial charge is 0.472 e. The van der Waals surface area contributed by atoms with E-state index in [0.29, 0.717) is 0 Å². The summed E-state index contributed by atoms with van der Waals surface area (Å²) in [5.41, 5.74) is 10.2. The van der Waals surface area contributed by atoms with E-state index >= 15 is 0 Å². The summed E-state index contributed by atoms with van der Waals surface area (Å²) in [5.74, 6) is 0. The van der Waals surface area contributed by atoms with Crippen LogP contribution in [-0.2, 0) is 13.1 Å². The second-order valence-corrected chi connectivity index (χ2v) is 3.87. The predicted molar refractivity (Wildman–Crippen MR) is 64.8 cm³/mol. The van der Waals surface area contributed by atoms with Crippen molar-refractivity contribution in [2.24, 2.45) is 0 Å². The highest BCUT2D eigenvalue weighted by atomic mass is 16.3. The van der Waals surface area contributed by atoms with Crippen LogP contribution in [0.25, 0.3) is 0 Å². The Hall–Kier alpha value is -1.74. The summed E-state index contributed by atoms with van der Waals surface area (Å²) in [5, 5.41) is 3.36. The molecule has 16 heavy (non-hydrogen) atoms. The van der Waals surface area contributed by atoms with Crippen LogP contribution in [0.4, 0.5) is 5.69 Å². The Morgan fingerprint density at radius 2 is 2.12 bits per heavy atom. The summed E-state index contributed by atoms with van der Waals surface area (Å²) in [6.45, 7) is 3.68. The fourth-order valence-corrected chi connectivity index (χ4v) is 1.63. The van der Waals surface area contributed by atoms with Crippen molar-refractivity contribution in [2.75, 3.05) is 5.73 Å². The molecule has 2 rings (SSSR count). The minimum atomic E-state index is 0.810. The molecular weight excluding hydrogens is 200 g/mol. The molecular formula is C13H16N2O. The van der Waals surface area contributed by atoms with Crippen molar-refractivity contribution in [1.82, 2.24) is 5.32 Å². The molecule has 2 aromatic rings. The number of rotatable bonds is 4. The van der Waals surface area contributed by atoms with Gasteiger partial charge in [-0.15, -0.1) is 0 Å². The van der Waals surface area contributed by atoms with Crippen LogP contribution in [-0.4, -0.2) is 0 Å². The Morgan fingerprint density at radius 3 is 2.88 bits per heavy atom. The van der Waals surface area contributed by atoms with Gasteiger partial charge in [-0.1, -0.05) is 12.1 Å². The average Bonchev–Trinajstić information content (AvgIpc) is 2.77. The van der Waals surface area contributed by atoms with E-state index in [1.807, 2.05) is 25.1 Å². The first-order valence-electron chi connectivity index (χ1n) is 5.33. The van der Waals surface area contributed by atoms with Gasteiger partial charge in [0.05, 0.1) is 12.5 Å². The first kappa shape index (κ1) is 10.8. The molecule has 0 aliphatic carbocycles. The summed E-state index contributed by atoms with van der Waals surface area (Å²) in [6.07, 6.45) is 3.43.